The van der Waals surface area contributed by atoms with Crippen molar-refractivity contribution in [3.8, 4) is 22.8 Å². The number of hydrogen-bond donors (Lipinski definition) is 0. The van der Waals surface area contributed by atoms with E-state index in [2.05, 4.69) is 19.9 Å². The van der Waals surface area contributed by atoms with Crippen molar-refractivity contribution in [1.82, 2.24) is 19.9 Å². The number of hydrogen-bond acceptors (Lipinski definition) is 8. The molecule has 4 heterocycles. The van der Waals surface area contributed by atoms with Crippen LogP contribution in [0, 0.1) is 0 Å². The molecule has 0 atom stereocenters. The average Bonchev–Trinajstić information content (AvgIpc) is 2.81. The summed E-state index contributed by atoms with van der Waals surface area (Å²) in [5.41, 5.74) is 2.22. The molecule has 4 rings (SSSR count). The normalized spacial score (nSPS) is 9.55. The molecule has 9 heteroatoms. The third kappa shape index (κ3) is 6.59. The zero-order valence-electron chi connectivity index (χ0n) is 15.9. The number of pyridine rings is 4. The molecule has 0 bridgehead atoms. The van der Waals surface area contributed by atoms with E-state index in [1.807, 2.05) is 36.4 Å². The second-order valence-corrected chi connectivity index (χ2v) is 5.86. The summed E-state index contributed by atoms with van der Waals surface area (Å²) in [7, 11) is 0. The Bertz CT molecular complexity index is 1070. The Balaban J connectivity index is 0.000000229. The van der Waals surface area contributed by atoms with Gasteiger partial charge in [0.1, 0.15) is 0 Å². The van der Waals surface area contributed by atoms with Gasteiger partial charge in [0, 0.05) is 35.9 Å². The molecule has 0 amide bonds. The van der Waals surface area contributed by atoms with Gasteiger partial charge in [0.2, 0.25) is 0 Å². The molecular formula is C22H14N4O4Os. The van der Waals surface area contributed by atoms with Crippen molar-refractivity contribution in [2.75, 3.05) is 0 Å². The van der Waals surface area contributed by atoms with Gasteiger partial charge in [-0.1, -0.05) is 12.1 Å². The van der Waals surface area contributed by atoms with Gasteiger partial charge in [0.05, 0.1) is 34.7 Å². The van der Waals surface area contributed by atoms with Crippen LogP contribution in [0.3, 0.4) is 0 Å². The van der Waals surface area contributed by atoms with Crippen LogP contribution in [0.4, 0.5) is 0 Å². The largest absolute Gasteiger partial charge is 2.00 e. The molecule has 0 fully saturated rings. The summed E-state index contributed by atoms with van der Waals surface area (Å²) < 4.78 is 0. The van der Waals surface area contributed by atoms with Crippen LogP contribution < -0.4 is 10.2 Å². The van der Waals surface area contributed by atoms with Gasteiger partial charge < -0.3 is 19.8 Å². The Kier molecular flexibility index (Phi) is 8.61. The molecule has 0 aliphatic rings. The zero-order chi connectivity index (χ0) is 21.3. The van der Waals surface area contributed by atoms with Gasteiger partial charge in [-0.15, -0.1) is 0 Å². The van der Waals surface area contributed by atoms with E-state index in [1.54, 1.807) is 12.4 Å². The third-order valence-electron chi connectivity index (χ3n) is 3.85. The molecule has 31 heavy (non-hydrogen) atoms. The Labute approximate surface area is 190 Å². The van der Waals surface area contributed by atoms with Crippen molar-refractivity contribution in [2.24, 2.45) is 0 Å². The molecule has 0 unspecified atom stereocenters. The number of carbonyl (C=O) groups excluding carboxylic acids is 2. The van der Waals surface area contributed by atoms with E-state index < -0.39 is 11.9 Å². The fraction of sp³-hybridized carbons (Fsp3) is 0. The number of carboxylic acid groups (broad SMARTS) is 2. The summed E-state index contributed by atoms with van der Waals surface area (Å²) in [4.78, 5) is 37.6. The Morgan fingerprint density at radius 2 is 0.935 bits per heavy atom. The monoisotopic (exact) mass is 590 g/mol. The quantitative estimate of drug-likeness (QED) is 0.345. The van der Waals surface area contributed by atoms with Gasteiger partial charge in [-0.2, -0.15) is 0 Å². The van der Waals surface area contributed by atoms with Gasteiger partial charge in [-0.05, 0) is 48.5 Å². The zero-order valence-corrected chi connectivity index (χ0v) is 18.4. The fourth-order valence-electron chi connectivity index (χ4n) is 2.42. The molecule has 0 aromatic carbocycles. The Morgan fingerprint density at radius 1 is 0.548 bits per heavy atom. The van der Waals surface area contributed by atoms with Crippen molar-refractivity contribution >= 4 is 11.9 Å². The minimum atomic E-state index is -1.34. The molecule has 0 radical (unpaired) electrons. The van der Waals surface area contributed by atoms with Crippen molar-refractivity contribution in [3.05, 3.63) is 96.6 Å². The minimum Gasteiger partial charge on any atom is -0.545 e. The molecule has 154 valence electrons. The summed E-state index contributed by atoms with van der Waals surface area (Å²) in [6.45, 7) is 0. The number of aromatic nitrogens is 4. The van der Waals surface area contributed by atoms with Crippen LogP contribution >= 0.6 is 0 Å². The molecule has 0 saturated heterocycles. The summed E-state index contributed by atoms with van der Waals surface area (Å²) in [6, 6.07) is 16.7. The summed E-state index contributed by atoms with van der Waals surface area (Å²) in [5.74, 6) is -2.68. The molecular weight excluding hydrogens is 574 g/mol. The molecule has 8 nitrogen and oxygen atoms in total. The molecule has 0 aliphatic heterocycles. The first kappa shape index (κ1) is 23.5. The first-order chi connectivity index (χ1) is 14.5. The Morgan fingerprint density at radius 3 is 1.26 bits per heavy atom. The number of aromatic carboxylic acids is 2. The molecule has 0 aliphatic carbocycles. The van der Waals surface area contributed by atoms with Gasteiger partial charge in [0.25, 0.3) is 0 Å². The maximum atomic E-state index is 10.7. The van der Waals surface area contributed by atoms with Gasteiger partial charge >= 0.3 is 19.8 Å². The van der Waals surface area contributed by atoms with Crippen LogP contribution in [0.5, 0.6) is 0 Å². The summed E-state index contributed by atoms with van der Waals surface area (Å²) in [6.07, 6.45) is 6.11. The predicted octanol–water partition coefficient (Wildman–Crippen LogP) is 1.01. The summed E-state index contributed by atoms with van der Waals surface area (Å²) in [5, 5.41) is 21.4. The van der Waals surface area contributed by atoms with E-state index in [0.29, 0.717) is 0 Å². The average molecular weight is 589 g/mol. The minimum absolute atomic E-state index is 0. The maximum absolute atomic E-state index is 10.7. The SMILES string of the molecule is O=C([O-])c1ccnc(-c2cc(C(=O)[O-])ccn2)c1.[Os+2].c1ccc(-c2ccccn2)nc1. The molecule has 4 aromatic heterocycles. The fourth-order valence-corrected chi connectivity index (χ4v) is 2.42. The Hall–Kier alpha value is -3.82. The molecule has 0 spiro atoms. The van der Waals surface area contributed by atoms with Crippen molar-refractivity contribution in [2.45, 2.75) is 0 Å². The van der Waals surface area contributed by atoms with E-state index in [-0.39, 0.29) is 42.3 Å². The number of carbonyl (C=O) groups is 2. The third-order valence-corrected chi connectivity index (χ3v) is 3.85. The first-order valence-corrected chi connectivity index (χ1v) is 8.72. The molecule has 0 saturated carbocycles. The first-order valence-electron chi connectivity index (χ1n) is 8.72. The van der Waals surface area contributed by atoms with Crippen LogP contribution in [0.25, 0.3) is 22.8 Å². The van der Waals surface area contributed by atoms with Crippen LogP contribution in [0.2, 0.25) is 0 Å². The molecule has 4 aromatic rings. The number of carboxylic acids is 2. The standard InChI is InChI=1S/C12H8N2O4.C10H8N2.Os/c15-11(16)7-1-3-13-9(5-7)10-6-8(12(17)18)2-4-14-10;1-3-7-11-9(5-1)10-6-2-4-8-12-10;/h1-6H,(H,15,16)(H,17,18);1-8H;/q;;+2/p-2. The van der Waals surface area contributed by atoms with Crippen molar-refractivity contribution in [1.29, 1.82) is 0 Å². The number of nitrogens with zero attached hydrogens (tertiary/aromatic N) is 4. The van der Waals surface area contributed by atoms with Gasteiger partial charge in [-0.25, -0.2) is 0 Å². The van der Waals surface area contributed by atoms with E-state index in [1.165, 1.54) is 36.7 Å². The maximum Gasteiger partial charge on any atom is 2.00 e. The second-order valence-electron chi connectivity index (χ2n) is 5.86. The van der Waals surface area contributed by atoms with Gasteiger partial charge in [0.15, 0.2) is 0 Å². The van der Waals surface area contributed by atoms with Crippen LogP contribution in [-0.2, 0) is 19.8 Å². The predicted molar refractivity (Wildman–Crippen MR) is 104 cm³/mol. The van der Waals surface area contributed by atoms with E-state index in [0.717, 1.165) is 11.4 Å². The smallest absolute Gasteiger partial charge is 0.545 e. The van der Waals surface area contributed by atoms with Gasteiger partial charge in [-0.3, -0.25) is 19.9 Å². The van der Waals surface area contributed by atoms with Crippen LogP contribution in [0.15, 0.2) is 85.5 Å². The van der Waals surface area contributed by atoms with Crippen molar-refractivity contribution < 1.29 is 39.6 Å². The van der Waals surface area contributed by atoms with Crippen LogP contribution in [0.1, 0.15) is 20.7 Å². The number of rotatable bonds is 4. The van der Waals surface area contributed by atoms with Crippen molar-refractivity contribution in [3.63, 3.8) is 0 Å². The van der Waals surface area contributed by atoms with Crippen LogP contribution in [-0.4, -0.2) is 31.9 Å². The van der Waals surface area contributed by atoms with E-state index in [9.17, 15) is 19.8 Å². The second kappa shape index (κ2) is 11.4. The topological polar surface area (TPSA) is 132 Å². The van der Waals surface area contributed by atoms with E-state index >= 15 is 0 Å². The summed E-state index contributed by atoms with van der Waals surface area (Å²) >= 11 is 0. The van der Waals surface area contributed by atoms with E-state index in [4.69, 9.17) is 0 Å². The molecule has 0 N–H and O–H groups in total.